The number of halogens is 3. The maximum atomic E-state index is 12.9. The Morgan fingerprint density at radius 3 is 2.44 bits per heavy atom. The van der Waals surface area contributed by atoms with E-state index in [1.165, 1.54) is 36.4 Å². The predicted molar refractivity (Wildman–Crippen MR) is 84.5 cm³/mol. The van der Waals surface area contributed by atoms with Crippen LogP contribution >= 0.6 is 0 Å². The number of nitriles is 2. The third-order valence-electron chi connectivity index (χ3n) is 3.42. The molecule has 2 rings (SSSR count). The van der Waals surface area contributed by atoms with Crippen LogP contribution in [0.15, 0.2) is 48.5 Å². The summed E-state index contributed by atoms with van der Waals surface area (Å²) in [5.74, 6) is -0.577. The van der Waals surface area contributed by atoms with Crippen molar-refractivity contribution in [2.75, 3.05) is 11.4 Å². The molecule has 0 radical (unpaired) electrons. The Balaban J connectivity index is 2.44. The van der Waals surface area contributed by atoms with Crippen LogP contribution in [0, 0.1) is 22.7 Å². The van der Waals surface area contributed by atoms with E-state index in [1.807, 2.05) is 12.1 Å². The summed E-state index contributed by atoms with van der Waals surface area (Å²) in [6.45, 7) is -0.0621. The summed E-state index contributed by atoms with van der Waals surface area (Å²) in [4.78, 5) is 13.8. The summed E-state index contributed by atoms with van der Waals surface area (Å²) < 4.78 is 38.7. The van der Waals surface area contributed by atoms with Crippen LogP contribution in [0.5, 0.6) is 0 Å². The highest BCUT2D eigenvalue weighted by molar-refractivity contribution is 6.06. The molecule has 4 nitrogen and oxygen atoms in total. The van der Waals surface area contributed by atoms with Crippen molar-refractivity contribution in [1.82, 2.24) is 0 Å². The lowest BCUT2D eigenvalue weighted by atomic mass is 10.1. The Bertz CT molecular complexity index is 863. The van der Waals surface area contributed by atoms with Gasteiger partial charge in [-0.05, 0) is 36.4 Å². The highest BCUT2D eigenvalue weighted by atomic mass is 19.4. The van der Waals surface area contributed by atoms with Gasteiger partial charge in [0.25, 0.3) is 5.91 Å². The first-order valence-corrected chi connectivity index (χ1v) is 7.23. The van der Waals surface area contributed by atoms with Gasteiger partial charge in [0.1, 0.15) is 0 Å². The molecule has 0 saturated heterocycles. The standard InChI is InChI=1S/C18H12F3N3O/c19-18(20,21)15-6-2-7-16(11-15)24(9-3-8-22)17(25)14-5-1-4-13(10-14)12-23/h1-2,4-7,10-11H,3,9H2. The van der Waals surface area contributed by atoms with Crippen LogP contribution in [0.2, 0.25) is 0 Å². The quantitative estimate of drug-likeness (QED) is 0.838. The van der Waals surface area contributed by atoms with Gasteiger partial charge in [0.2, 0.25) is 0 Å². The number of carbonyl (C=O) groups excluding carboxylic acids is 1. The molecule has 0 aliphatic heterocycles. The normalized spacial score (nSPS) is 10.6. The molecule has 0 spiro atoms. The molecule has 0 bridgehead atoms. The fraction of sp³-hybridized carbons (Fsp3) is 0.167. The lowest BCUT2D eigenvalue weighted by Crippen LogP contribution is -2.32. The predicted octanol–water partition coefficient (Wildman–Crippen LogP) is 4.14. The molecule has 0 aliphatic carbocycles. The summed E-state index contributed by atoms with van der Waals surface area (Å²) in [7, 11) is 0. The Hall–Kier alpha value is -3.32. The van der Waals surface area contributed by atoms with Crippen LogP contribution in [0.3, 0.4) is 0 Å². The minimum Gasteiger partial charge on any atom is -0.307 e. The van der Waals surface area contributed by atoms with E-state index in [0.29, 0.717) is 0 Å². The van der Waals surface area contributed by atoms with Gasteiger partial charge >= 0.3 is 6.18 Å². The van der Waals surface area contributed by atoms with E-state index in [4.69, 9.17) is 10.5 Å². The molecule has 0 aromatic heterocycles. The molecule has 0 N–H and O–H groups in total. The number of amides is 1. The zero-order valence-corrected chi connectivity index (χ0v) is 12.9. The molecule has 25 heavy (non-hydrogen) atoms. The number of rotatable bonds is 4. The fourth-order valence-electron chi connectivity index (χ4n) is 2.24. The third kappa shape index (κ3) is 4.36. The lowest BCUT2D eigenvalue weighted by Gasteiger charge is -2.23. The Morgan fingerprint density at radius 2 is 1.80 bits per heavy atom. The van der Waals surface area contributed by atoms with E-state index in [9.17, 15) is 18.0 Å². The summed E-state index contributed by atoms with van der Waals surface area (Å²) in [6.07, 6.45) is -4.58. The molecule has 1 amide bonds. The minimum absolute atomic E-state index is 0.0393. The maximum Gasteiger partial charge on any atom is 0.416 e. The molecule has 7 heteroatoms. The minimum atomic E-state index is -4.54. The van der Waals surface area contributed by atoms with Gasteiger partial charge in [-0.1, -0.05) is 12.1 Å². The van der Waals surface area contributed by atoms with Crippen LogP contribution in [0.1, 0.15) is 27.9 Å². The lowest BCUT2D eigenvalue weighted by molar-refractivity contribution is -0.137. The zero-order chi connectivity index (χ0) is 18.4. The molecule has 0 fully saturated rings. The van der Waals surface area contributed by atoms with Crippen LogP contribution < -0.4 is 4.90 Å². The molecule has 0 saturated carbocycles. The third-order valence-corrected chi connectivity index (χ3v) is 3.42. The monoisotopic (exact) mass is 343 g/mol. The molecule has 0 aliphatic rings. The van der Waals surface area contributed by atoms with E-state index < -0.39 is 17.6 Å². The number of carbonyl (C=O) groups is 1. The molecule has 2 aromatic carbocycles. The summed E-state index contributed by atoms with van der Waals surface area (Å²) in [5.41, 5.74) is -0.424. The molecule has 0 atom stereocenters. The number of alkyl halides is 3. The number of nitrogens with zero attached hydrogens (tertiary/aromatic N) is 3. The first kappa shape index (κ1) is 18.0. The van der Waals surface area contributed by atoms with Crippen LogP contribution in [-0.2, 0) is 6.18 Å². The molecule has 0 heterocycles. The molecule has 126 valence electrons. The van der Waals surface area contributed by atoms with Gasteiger partial charge in [0.05, 0.1) is 29.7 Å². The van der Waals surface area contributed by atoms with Crippen molar-refractivity contribution in [3.05, 3.63) is 65.2 Å². The average molecular weight is 343 g/mol. The largest absolute Gasteiger partial charge is 0.416 e. The van der Waals surface area contributed by atoms with Gasteiger partial charge in [0.15, 0.2) is 0 Å². The van der Waals surface area contributed by atoms with E-state index in [2.05, 4.69) is 0 Å². The number of benzene rings is 2. The summed E-state index contributed by atoms with van der Waals surface area (Å²) >= 11 is 0. The molecular weight excluding hydrogens is 331 g/mol. The second kappa shape index (κ2) is 7.50. The van der Waals surface area contributed by atoms with Crippen molar-refractivity contribution in [1.29, 1.82) is 10.5 Å². The second-order valence-corrected chi connectivity index (χ2v) is 5.11. The fourth-order valence-corrected chi connectivity index (χ4v) is 2.24. The highest BCUT2D eigenvalue weighted by Gasteiger charge is 2.31. The number of hydrogen-bond acceptors (Lipinski definition) is 3. The van der Waals surface area contributed by atoms with Crippen molar-refractivity contribution < 1.29 is 18.0 Å². The van der Waals surface area contributed by atoms with Crippen molar-refractivity contribution >= 4 is 11.6 Å². The maximum absolute atomic E-state index is 12.9. The average Bonchev–Trinajstić information content (AvgIpc) is 2.61. The first-order valence-electron chi connectivity index (χ1n) is 7.23. The van der Waals surface area contributed by atoms with Gasteiger partial charge in [-0.15, -0.1) is 0 Å². The van der Waals surface area contributed by atoms with Gasteiger partial charge in [0, 0.05) is 17.8 Å². The highest BCUT2D eigenvalue weighted by Crippen LogP contribution is 2.32. The van der Waals surface area contributed by atoms with Gasteiger partial charge < -0.3 is 4.90 Å². The topological polar surface area (TPSA) is 67.9 Å². The summed E-state index contributed by atoms with van der Waals surface area (Å²) in [5, 5.41) is 17.7. The first-order chi connectivity index (χ1) is 11.9. The second-order valence-electron chi connectivity index (χ2n) is 5.11. The number of anilines is 1. The van der Waals surface area contributed by atoms with E-state index in [-0.39, 0.29) is 29.8 Å². The van der Waals surface area contributed by atoms with Crippen molar-refractivity contribution in [3.63, 3.8) is 0 Å². The smallest absolute Gasteiger partial charge is 0.307 e. The van der Waals surface area contributed by atoms with Gasteiger partial charge in [-0.25, -0.2) is 0 Å². The van der Waals surface area contributed by atoms with E-state index in [0.717, 1.165) is 17.0 Å². The SMILES string of the molecule is N#CCCN(C(=O)c1cccc(C#N)c1)c1cccc(C(F)(F)F)c1. The summed E-state index contributed by atoms with van der Waals surface area (Å²) in [6, 6.07) is 14.0. The Labute approximate surface area is 142 Å². The molecular formula is C18H12F3N3O. The Morgan fingerprint density at radius 1 is 1.08 bits per heavy atom. The van der Waals surface area contributed by atoms with Crippen molar-refractivity contribution in [2.45, 2.75) is 12.6 Å². The Kier molecular flexibility index (Phi) is 5.41. The van der Waals surface area contributed by atoms with E-state index >= 15 is 0 Å². The molecule has 0 unspecified atom stereocenters. The van der Waals surface area contributed by atoms with Crippen LogP contribution in [0.25, 0.3) is 0 Å². The van der Waals surface area contributed by atoms with Crippen molar-refractivity contribution in [3.8, 4) is 12.1 Å². The zero-order valence-electron chi connectivity index (χ0n) is 12.9. The van der Waals surface area contributed by atoms with Crippen LogP contribution in [0.4, 0.5) is 18.9 Å². The van der Waals surface area contributed by atoms with E-state index in [1.54, 1.807) is 0 Å². The van der Waals surface area contributed by atoms with Crippen LogP contribution in [-0.4, -0.2) is 12.5 Å². The number of hydrogen-bond donors (Lipinski definition) is 0. The van der Waals surface area contributed by atoms with Gasteiger partial charge in [-0.3, -0.25) is 4.79 Å². The molecule has 2 aromatic rings. The van der Waals surface area contributed by atoms with Crippen molar-refractivity contribution in [2.24, 2.45) is 0 Å². The van der Waals surface area contributed by atoms with Gasteiger partial charge in [-0.2, -0.15) is 23.7 Å².